The third kappa shape index (κ3) is 2.93. The highest BCUT2D eigenvalue weighted by molar-refractivity contribution is 5.99. The van der Waals surface area contributed by atoms with Crippen molar-refractivity contribution < 1.29 is 9.53 Å². The number of hydrogen-bond donors (Lipinski definition) is 0. The maximum absolute atomic E-state index is 12.4. The molecule has 3 aromatic rings. The highest BCUT2D eigenvalue weighted by Gasteiger charge is 2.19. The lowest BCUT2D eigenvalue weighted by atomic mass is 10.1. The molecule has 0 aliphatic rings. The van der Waals surface area contributed by atoms with Crippen LogP contribution in [0.15, 0.2) is 47.7 Å². The normalized spacial score (nSPS) is 10.8. The van der Waals surface area contributed by atoms with Crippen molar-refractivity contribution in [2.24, 2.45) is 4.99 Å². The van der Waals surface area contributed by atoms with Gasteiger partial charge in [0.1, 0.15) is 0 Å². The van der Waals surface area contributed by atoms with Crippen LogP contribution in [0.4, 0.5) is 0 Å². The van der Waals surface area contributed by atoms with Crippen molar-refractivity contribution in [1.29, 1.82) is 0 Å². The average molecular weight is 321 g/mol. The van der Waals surface area contributed by atoms with Crippen LogP contribution in [0.3, 0.4) is 0 Å². The Morgan fingerprint density at radius 1 is 1.33 bits per heavy atom. The Balaban J connectivity index is 2.22. The van der Waals surface area contributed by atoms with Crippen molar-refractivity contribution >= 4 is 18.2 Å². The maximum atomic E-state index is 12.4. The summed E-state index contributed by atoms with van der Waals surface area (Å²) in [5, 5.41) is 0. The molecule has 0 unspecified atom stereocenters. The van der Waals surface area contributed by atoms with E-state index < -0.39 is 0 Å². The molecule has 0 saturated heterocycles. The monoisotopic (exact) mass is 321 g/mol. The second kappa shape index (κ2) is 6.66. The fourth-order valence-corrected chi connectivity index (χ4v) is 2.72. The molecule has 0 bridgehead atoms. The van der Waals surface area contributed by atoms with E-state index in [9.17, 15) is 4.79 Å². The summed E-state index contributed by atoms with van der Waals surface area (Å²) < 4.78 is 7.20. The largest absolute Gasteiger partial charge is 0.462 e. The number of aliphatic imine (C=N–C) groups is 1. The van der Waals surface area contributed by atoms with Crippen LogP contribution >= 0.6 is 0 Å². The molecule has 0 radical (unpaired) electrons. The van der Waals surface area contributed by atoms with Gasteiger partial charge in [-0.2, -0.15) is 0 Å². The van der Waals surface area contributed by atoms with Gasteiger partial charge in [-0.15, -0.1) is 0 Å². The summed E-state index contributed by atoms with van der Waals surface area (Å²) in [5.41, 5.74) is 5.07. The lowest BCUT2D eigenvalue weighted by Crippen LogP contribution is -2.05. The first-order valence-corrected chi connectivity index (χ1v) is 7.80. The van der Waals surface area contributed by atoms with Gasteiger partial charge < -0.3 is 9.14 Å². The lowest BCUT2D eigenvalue weighted by molar-refractivity contribution is 0.0527. The molecule has 0 aromatic carbocycles. The third-order valence-corrected chi connectivity index (χ3v) is 3.81. The van der Waals surface area contributed by atoms with Gasteiger partial charge >= 0.3 is 5.97 Å². The van der Waals surface area contributed by atoms with Crippen molar-refractivity contribution in [3.05, 3.63) is 59.5 Å². The van der Waals surface area contributed by atoms with Crippen molar-refractivity contribution in [3.63, 3.8) is 0 Å². The van der Waals surface area contributed by atoms with Crippen LogP contribution in [0, 0.1) is 6.92 Å². The molecule has 122 valence electrons. The van der Waals surface area contributed by atoms with Crippen molar-refractivity contribution in [2.45, 2.75) is 20.4 Å². The summed E-state index contributed by atoms with van der Waals surface area (Å²) in [6.45, 7) is 8.13. The van der Waals surface area contributed by atoms with E-state index in [4.69, 9.17) is 4.74 Å². The van der Waals surface area contributed by atoms with Crippen molar-refractivity contribution in [1.82, 2.24) is 9.38 Å². The number of aromatic nitrogens is 2. The molecule has 0 saturated carbocycles. The molecule has 5 nitrogen and oxygen atoms in total. The zero-order valence-corrected chi connectivity index (χ0v) is 13.8. The third-order valence-electron chi connectivity index (χ3n) is 3.81. The molecule has 24 heavy (non-hydrogen) atoms. The molecule has 0 amide bonds. The number of hydrogen-bond acceptors (Lipinski definition) is 4. The zero-order valence-electron chi connectivity index (χ0n) is 13.8. The predicted octanol–water partition coefficient (Wildman–Crippen LogP) is 3.69. The first kappa shape index (κ1) is 15.9. The van der Waals surface area contributed by atoms with Crippen LogP contribution in [-0.2, 0) is 11.3 Å². The number of carbonyl (C=O) groups excluding carboxylic acids is 1. The van der Waals surface area contributed by atoms with E-state index in [1.54, 1.807) is 13.1 Å². The molecule has 0 spiro atoms. The molecule has 0 aliphatic heterocycles. The summed E-state index contributed by atoms with van der Waals surface area (Å²) >= 11 is 0. The molecular weight excluding hydrogens is 302 g/mol. The van der Waals surface area contributed by atoms with Gasteiger partial charge in [0.25, 0.3) is 0 Å². The number of aryl methyl sites for hydroxylation is 1. The maximum Gasteiger partial charge on any atom is 0.340 e. The van der Waals surface area contributed by atoms with Gasteiger partial charge in [-0.05, 0) is 56.5 Å². The Hall–Kier alpha value is -2.95. The van der Waals surface area contributed by atoms with Gasteiger partial charge in [-0.25, -0.2) is 4.79 Å². The van der Waals surface area contributed by atoms with Gasteiger partial charge in [0, 0.05) is 29.2 Å². The van der Waals surface area contributed by atoms with Crippen molar-refractivity contribution in [3.8, 4) is 11.3 Å². The van der Waals surface area contributed by atoms with Gasteiger partial charge in [-0.3, -0.25) is 9.98 Å². The fraction of sp³-hybridized carbons (Fsp3) is 0.211. The smallest absolute Gasteiger partial charge is 0.340 e. The minimum Gasteiger partial charge on any atom is -0.462 e. The van der Waals surface area contributed by atoms with Crippen LogP contribution in [-0.4, -0.2) is 28.7 Å². The van der Waals surface area contributed by atoms with Gasteiger partial charge in [0.15, 0.2) is 0 Å². The highest BCUT2D eigenvalue weighted by atomic mass is 16.5. The Morgan fingerprint density at radius 2 is 2.17 bits per heavy atom. The van der Waals surface area contributed by atoms with E-state index in [1.807, 2.05) is 47.9 Å². The molecule has 3 rings (SSSR count). The first-order valence-electron chi connectivity index (χ1n) is 7.80. The van der Waals surface area contributed by atoms with E-state index in [0.717, 1.165) is 28.0 Å². The standard InChI is InChI=1S/C19H19N3O2/c1-4-24-19(23)17-10-16-9-14(11-20-3)7-8-22(16)18(17)15-6-5-13(2)21-12-15/h5-10,12H,3-4,11H2,1-2H3. The van der Waals surface area contributed by atoms with Crippen LogP contribution in [0.5, 0.6) is 0 Å². The van der Waals surface area contributed by atoms with Crippen LogP contribution in [0.2, 0.25) is 0 Å². The Bertz CT molecular complexity index is 895. The molecule has 0 atom stereocenters. The molecule has 0 N–H and O–H groups in total. The minimum absolute atomic E-state index is 0.333. The number of esters is 1. The Labute approximate surface area is 140 Å². The van der Waals surface area contributed by atoms with Crippen molar-refractivity contribution in [2.75, 3.05) is 6.61 Å². The van der Waals surface area contributed by atoms with E-state index in [2.05, 4.69) is 16.7 Å². The molecule has 3 heterocycles. The Kier molecular flexibility index (Phi) is 4.42. The van der Waals surface area contributed by atoms with Gasteiger partial charge in [0.2, 0.25) is 0 Å². The predicted molar refractivity (Wildman–Crippen MR) is 94.6 cm³/mol. The lowest BCUT2D eigenvalue weighted by Gasteiger charge is -2.07. The van der Waals surface area contributed by atoms with Gasteiger partial charge in [-0.1, -0.05) is 0 Å². The molecule has 5 heteroatoms. The minimum atomic E-state index is -0.333. The summed E-state index contributed by atoms with van der Waals surface area (Å²) in [6, 6.07) is 9.72. The average Bonchev–Trinajstić information content (AvgIpc) is 2.95. The number of carbonyl (C=O) groups is 1. The summed E-state index contributed by atoms with van der Waals surface area (Å²) in [6.07, 6.45) is 3.72. The summed E-state index contributed by atoms with van der Waals surface area (Å²) in [7, 11) is 0. The second-order valence-corrected chi connectivity index (χ2v) is 5.53. The van der Waals surface area contributed by atoms with Crippen LogP contribution in [0.25, 0.3) is 16.8 Å². The number of rotatable bonds is 5. The molecular formula is C19H19N3O2. The number of nitrogens with zero attached hydrogens (tertiary/aromatic N) is 3. The van der Waals surface area contributed by atoms with Crippen LogP contribution in [0.1, 0.15) is 28.5 Å². The summed E-state index contributed by atoms with van der Waals surface area (Å²) in [4.78, 5) is 20.7. The first-order chi connectivity index (χ1) is 11.6. The summed E-state index contributed by atoms with van der Waals surface area (Å²) in [5.74, 6) is -0.333. The van der Waals surface area contributed by atoms with E-state index in [1.165, 1.54) is 0 Å². The zero-order chi connectivity index (χ0) is 17.1. The number of fused-ring (bicyclic) bond motifs is 1. The molecule has 0 aliphatic carbocycles. The second-order valence-electron chi connectivity index (χ2n) is 5.53. The topological polar surface area (TPSA) is 56.0 Å². The van der Waals surface area contributed by atoms with Gasteiger partial charge in [0.05, 0.1) is 24.4 Å². The SMILES string of the molecule is C=NCc1ccn2c(-c3ccc(C)nc3)c(C(=O)OCC)cc2c1. The number of pyridine rings is 2. The highest BCUT2D eigenvalue weighted by Crippen LogP contribution is 2.28. The van der Waals surface area contributed by atoms with E-state index in [0.29, 0.717) is 18.7 Å². The van der Waals surface area contributed by atoms with Crippen LogP contribution < -0.4 is 0 Å². The fourth-order valence-electron chi connectivity index (χ4n) is 2.72. The Morgan fingerprint density at radius 3 is 2.83 bits per heavy atom. The van der Waals surface area contributed by atoms with E-state index >= 15 is 0 Å². The number of ether oxygens (including phenoxy) is 1. The molecule has 3 aromatic heterocycles. The molecule has 0 fully saturated rings. The quantitative estimate of drug-likeness (QED) is 0.532. The van der Waals surface area contributed by atoms with E-state index in [-0.39, 0.29) is 5.97 Å².